The number of amides is 2. The van der Waals surface area contributed by atoms with Gasteiger partial charge in [-0.15, -0.1) is 0 Å². The van der Waals surface area contributed by atoms with Crippen LogP contribution in [0.25, 0.3) is 0 Å². The highest BCUT2D eigenvalue weighted by atomic mass is 16.5. The van der Waals surface area contributed by atoms with E-state index < -0.39 is 0 Å². The maximum Gasteiger partial charge on any atom is 0.319 e. The number of hydrogen-bond acceptors (Lipinski definition) is 3. The molecular weight excluding hydrogens is 364 g/mol. The molecule has 3 aromatic rings. The lowest BCUT2D eigenvalue weighted by Gasteiger charge is -2.18. The van der Waals surface area contributed by atoms with E-state index in [1.165, 1.54) is 0 Å². The van der Waals surface area contributed by atoms with Crippen molar-refractivity contribution in [1.29, 1.82) is 0 Å². The lowest BCUT2D eigenvalue weighted by atomic mass is 10.1. The van der Waals surface area contributed by atoms with Gasteiger partial charge >= 0.3 is 6.03 Å². The van der Waals surface area contributed by atoms with E-state index in [1.807, 2.05) is 87.5 Å². The zero-order chi connectivity index (χ0) is 20.6. The van der Waals surface area contributed by atoms with Crippen molar-refractivity contribution in [3.63, 3.8) is 0 Å². The number of benzene rings is 3. The fourth-order valence-electron chi connectivity index (χ4n) is 2.93. The van der Waals surface area contributed by atoms with Crippen molar-refractivity contribution in [2.24, 2.45) is 0 Å². The van der Waals surface area contributed by atoms with Gasteiger partial charge < -0.3 is 20.1 Å². The molecule has 0 saturated carbocycles. The molecule has 2 amide bonds. The molecule has 0 aliphatic carbocycles. The summed E-state index contributed by atoms with van der Waals surface area (Å²) in [5, 5.41) is 5.75. The topological polar surface area (TPSA) is 59.6 Å². The second kappa shape index (κ2) is 9.64. The van der Waals surface area contributed by atoms with E-state index in [0.29, 0.717) is 23.8 Å². The average Bonchev–Trinajstić information content (AvgIpc) is 2.70. The third-order valence-electron chi connectivity index (χ3n) is 4.37. The van der Waals surface area contributed by atoms with Crippen molar-refractivity contribution in [2.45, 2.75) is 26.8 Å². The summed E-state index contributed by atoms with van der Waals surface area (Å²) in [6.07, 6.45) is 0. The van der Waals surface area contributed by atoms with E-state index in [1.54, 1.807) is 6.07 Å². The minimum absolute atomic E-state index is 0.170. The largest absolute Gasteiger partial charge is 0.491 e. The Morgan fingerprint density at radius 1 is 0.897 bits per heavy atom. The summed E-state index contributed by atoms with van der Waals surface area (Å²) in [5.41, 5.74) is 2.75. The number of anilines is 1. The number of carbonyl (C=O) groups excluding carboxylic acids is 1. The minimum Gasteiger partial charge on any atom is -0.491 e. The van der Waals surface area contributed by atoms with E-state index in [9.17, 15) is 4.79 Å². The van der Waals surface area contributed by atoms with Crippen LogP contribution >= 0.6 is 0 Å². The maximum atomic E-state index is 12.4. The molecular formula is C24H26N2O3. The fourth-order valence-corrected chi connectivity index (χ4v) is 2.93. The molecule has 5 nitrogen and oxygen atoms in total. The van der Waals surface area contributed by atoms with Crippen LogP contribution in [0, 0.1) is 13.8 Å². The summed E-state index contributed by atoms with van der Waals surface area (Å²) < 4.78 is 11.8. The molecule has 0 saturated heterocycles. The van der Waals surface area contributed by atoms with Crippen LogP contribution in [0.3, 0.4) is 0 Å². The molecule has 29 heavy (non-hydrogen) atoms. The lowest BCUT2D eigenvalue weighted by molar-refractivity contribution is 0.236. The number of urea groups is 1. The first-order valence-electron chi connectivity index (χ1n) is 9.61. The highest BCUT2D eigenvalue weighted by molar-refractivity contribution is 5.91. The Morgan fingerprint density at radius 2 is 1.55 bits per heavy atom. The zero-order valence-corrected chi connectivity index (χ0v) is 16.9. The molecule has 0 bridgehead atoms. The second-order valence-corrected chi connectivity index (χ2v) is 6.94. The number of nitrogens with one attached hydrogen (secondary N) is 2. The molecule has 5 heteroatoms. The van der Waals surface area contributed by atoms with Crippen molar-refractivity contribution in [1.82, 2.24) is 5.32 Å². The molecule has 0 spiro atoms. The molecule has 0 heterocycles. The standard InChI is InChI=1S/C24H26N2O3/c1-17-10-9-11-18(2)23(17)28-16-19(3)25-24(27)26-21-14-7-8-15-22(21)29-20-12-5-4-6-13-20/h4-15,19H,16H2,1-3H3,(H2,25,26,27). The minimum atomic E-state index is -0.313. The van der Waals surface area contributed by atoms with E-state index >= 15 is 0 Å². The third kappa shape index (κ3) is 5.75. The van der Waals surface area contributed by atoms with E-state index in [-0.39, 0.29) is 12.1 Å². The number of aryl methyl sites for hydroxylation is 2. The van der Waals surface area contributed by atoms with Gasteiger partial charge in [0.2, 0.25) is 0 Å². The first-order valence-corrected chi connectivity index (χ1v) is 9.61. The van der Waals surface area contributed by atoms with Gasteiger partial charge in [0, 0.05) is 0 Å². The maximum absolute atomic E-state index is 12.4. The molecule has 150 valence electrons. The van der Waals surface area contributed by atoms with Gasteiger partial charge in [-0.3, -0.25) is 0 Å². The van der Waals surface area contributed by atoms with Crippen molar-refractivity contribution in [3.8, 4) is 17.2 Å². The van der Waals surface area contributed by atoms with Crippen molar-refractivity contribution >= 4 is 11.7 Å². The Hall–Kier alpha value is -3.47. The molecule has 2 N–H and O–H groups in total. The Labute approximate surface area is 171 Å². The Kier molecular flexibility index (Phi) is 6.74. The summed E-state index contributed by atoms with van der Waals surface area (Å²) in [7, 11) is 0. The van der Waals surface area contributed by atoms with Crippen LogP contribution in [0.2, 0.25) is 0 Å². The molecule has 0 radical (unpaired) electrons. The monoisotopic (exact) mass is 390 g/mol. The highest BCUT2D eigenvalue weighted by Gasteiger charge is 2.12. The third-order valence-corrected chi connectivity index (χ3v) is 4.37. The van der Waals surface area contributed by atoms with Gasteiger partial charge in [0.25, 0.3) is 0 Å². The van der Waals surface area contributed by atoms with Crippen molar-refractivity contribution in [2.75, 3.05) is 11.9 Å². The van der Waals surface area contributed by atoms with Crippen molar-refractivity contribution < 1.29 is 14.3 Å². The Morgan fingerprint density at radius 3 is 2.28 bits per heavy atom. The number of carbonyl (C=O) groups is 1. The molecule has 1 unspecified atom stereocenters. The van der Waals surface area contributed by atoms with Gasteiger partial charge in [0.1, 0.15) is 18.1 Å². The van der Waals surface area contributed by atoms with Crippen LogP contribution in [-0.4, -0.2) is 18.7 Å². The molecule has 0 fully saturated rings. The van der Waals surface area contributed by atoms with Crippen LogP contribution < -0.4 is 20.1 Å². The van der Waals surface area contributed by atoms with Gasteiger partial charge in [-0.05, 0) is 56.2 Å². The lowest BCUT2D eigenvalue weighted by Crippen LogP contribution is -2.39. The van der Waals surface area contributed by atoms with Crippen LogP contribution in [0.15, 0.2) is 72.8 Å². The summed E-state index contributed by atoms with van der Waals surface area (Å²) in [6.45, 7) is 6.30. The van der Waals surface area contributed by atoms with Gasteiger partial charge in [0.05, 0.1) is 11.7 Å². The zero-order valence-electron chi connectivity index (χ0n) is 16.9. The first kappa shape index (κ1) is 20.3. The molecule has 3 aromatic carbocycles. The normalized spacial score (nSPS) is 11.4. The summed E-state index contributed by atoms with van der Waals surface area (Å²) >= 11 is 0. The molecule has 0 aliphatic heterocycles. The van der Waals surface area contributed by atoms with Crippen LogP contribution in [0.5, 0.6) is 17.2 Å². The number of ether oxygens (including phenoxy) is 2. The first-order chi connectivity index (χ1) is 14.0. The summed E-state index contributed by atoms with van der Waals surface area (Å²) in [6, 6.07) is 22.3. The molecule has 3 rings (SSSR count). The average molecular weight is 390 g/mol. The van der Waals surface area contributed by atoms with Crippen LogP contribution in [0.1, 0.15) is 18.1 Å². The van der Waals surface area contributed by atoms with E-state index in [2.05, 4.69) is 10.6 Å². The Bertz CT molecular complexity index is 937. The van der Waals surface area contributed by atoms with Crippen LogP contribution in [-0.2, 0) is 0 Å². The number of hydrogen-bond donors (Lipinski definition) is 2. The highest BCUT2D eigenvalue weighted by Crippen LogP contribution is 2.29. The van der Waals surface area contributed by atoms with Gasteiger partial charge in [-0.25, -0.2) is 4.79 Å². The van der Waals surface area contributed by atoms with E-state index in [4.69, 9.17) is 9.47 Å². The second-order valence-electron chi connectivity index (χ2n) is 6.94. The van der Waals surface area contributed by atoms with Crippen molar-refractivity contribution in [3.05, 3.63) is 83.9 Å². The predicted molar refractivity (Wildman–Crippen MR) is 116 cm³/mol. The van der Waals surface area contributed by atoms with Gasteiger partial charge in [-0.1, -0.05) is 48.5 Å². The smallest absolute Gasteiger partial charge is 0.319 e. The molecule has 1 atom stereocenters. The number of para-hydroxylation sites is 4. The fraction of sp³-hybridized carbons (Fsp3) is 0.208. The number of rotatable bonds is 7. The predicted octanol–water partition coefficient (Wildman–Crippen LogP) is 5.68. The van der Waals surface area contributed by atoms with Gasteiger partial charge in [0.15, 0.2) is 5.75 Å². The summed E-state index contributed by atoms with van der Waals surface area (Å²) in [5.74, 6) is 2.15. The quantitative estimate of drug-likeness (QED) is 0.545. The van der Waals surface area contributed by atoms with E-state index in [0.717, 1.165) is 16.9 Å². The Balaban J connectivity index is 1.56. The molecule has 0 aliphatic rings. The summed E-state index contributed by atoms with van der Waals surface area (Å²) in [4.78, 5) is 12.4. The SMILES string of the molecule is Cc1cccc(C)c1OCC(C)NC(=O)Nc1ccccc1Oc1ccccc1. The van der Waals surface area contributed by atoms with Gasteiger partial charge in [-0.2, -0.15) is 0 Å². The molecule has 0 aromatic heterocycles. The van der Waals surface area contributed by atoms with Crippen LogP contribution in [0.4, 0.5) is 10.5 Å².